The van der Waals surface area contributed by atoms with Gasteiger partial charge in [0.25, 0.3) is 0 Å². The number of aliphatic carboxylic acids is 1. The van der Waals surface area contributed by atoms with E-state index in [0.717, 1.165) is 49.1 Å². The summed E-state index contributed by atoms with van der Waals surface area (Å²) in [6, 6.07) is 7.97. The zero-order valence-electron chi connectivity index (χ0n) is 25.7. The Morgan fingerprint density at radius 3 is 2.20 bits per heavy atom. The van der Waals surface area contributed by atoms with Crippen LogP contribution in [0.15, 0.2) is 40.5 Å². The van der Waals surface area contributed by atoms with Gasteiger partial charge in [0.1, 0.15) is 5.75 Å². The number of nitrogens with zero attached hydrogens (tertiary/aromatic N) is 1. The number of rotatable bonds is 22. The quantitative estimate of drug-likeness (QED) is 0.108. The molecular formula is C34H53NO6. The standard InChI is InChI=1S/C34H53NO6/c1-4-18-28(33(37)38)19-14-17-24-41-34(39)32-27(3)35-26(2)25-30(32)29-20-12-13-21-31(29)40-23-16-11-9-7-5-6-8-10-15-22-36/h12-13,20-21,28,30,36H,4-11,14-19,22-25H2,1-3H3,(H,37,38). The molecule has 0 bridgehead atoms. The second-order valence-electron chi connectivity index (χ2n) is 11.4. The Bertz CT molecular complexity index is 985. The van der Waals surface area contributed by atoms with Gasteiger partial charge < -0.3 is 19.7 Å². The first-order valence-electron chi connectivity index (χ1n) is 15.9. The number of hydrogen-bond acceptors (Lipinski definition) is 6. The van der Waals surface area contributed by atoms with Gasteiger partial charge in [0, 0.05) is 29.5 Å². The molecule has 0 amide bonds. The fourth-order valence-corrected chi connectivity index (χ4v) is 5.61. The average Bonchev–Trinajstić information content (AvgIpc) is 2.94. The first-order chi connectivity index (χ1) is 19.9. The second-order valence-corrected chi connectivity index (χ2v) is 11.4. The minimum Gasteiger partial charge on any atom is -0.493 e. The predicted octanol–water partition coefficient (Wildman–Crippen LogP) is 8.01. The maximum absolute atomic E-state index is 13.3. The number of carbonyl (C=O) groups is 2. The lowest BCUT2D eigenvalue weighted by molar-refractivity contribution is -0.143. The van der Waals surface area contributed by atoms with Crippen LogP contribution in [0.2, 0.25) is 0 Å². The van der Waals surface area contributed by atoms with Gasteiger partial charge >= 0.3 is 11.9 Å². The normalized spacial score (nSPS) is 15.9. The van der Waals surface area contributed by atoms with Crippen LogP contribution in [0.1, 0.15) is 129 Å². The number of hydrogen-bond donors (Lipinski definition) is 2. The third-order valence-electron chi connectivity index (χ3n) is 7.84. The van der Waals surface area contributed by atoms with Crippen LogP contribution in [0.25, 0.3) is 0 Å². The summed E-state index contributed by atoms with van der Waals surface area (Å²) in [7, 11) is 0. The lowest BCUT2D eigenvalue weighted by Crippen LogP contribution is -2.22. The number of carbonyl (C=O) groups excluding carboxylic acids is 1. The molecule has 0 fully saturated rings. The van der Waals surface area contributed by atoms with Crippen molar-refractivity contribution in [2.24, 2.45) is 10.9 Å². The maximum Gasteiger partial charge on any atom is 0.336 e. The van der Waals surface area contributed by atoms with Gasteiger partial charge in [0.2, 0.25) is 0 Å². The largest absolute Gasteiger partial charge is 0.493 e. The highest BCUT2D eigenvalue weighted by Gasteiger charge is 2.32. The number of benzene rings is 1. The summed E-state index contributed by atoms with van der Waals surface area (Å²) in [5.41, 5.74) is 3.23. The highest BCUT2D eigenvalue weighted by Crippen LogP contribution is 2.39. The number of aliphatic hydroxyl groups excluding tert-OH is 1. The van der Waals surface area contributed by atoms with Crippen LogP contribution in [-0.2, 0) is 14.3 Å². The summed E-state index contributed by atoms with van der Waals surface area (Å²) < 4.78 is 11.9. The lowest BCUT2D eigenvalue weighted by atomic mass is 9.83. The van der Waals surface area contributed by atoms with E-state index in [1.54, 1.807) is 0 Å². The van der Waals surface area contributed by atoms with Gasteiger partial charge in [-0.2, -0.15) is 0 Å². The van der Waals surface area contributed by atoms with E-state index in [1.807, 2.05) is 45.0 Å². The molecule has 41 heavy (non-hydrogen) atoms. The number of carboxylic acids is 1. The Morgan fingerprint density at radius 2 is 1.54 bits per heavy atom. The number of unbranched alkanes of at least 4 members (excludes halogenated alkanes) is 9. The smallest absolute Gasteiger partial charge is 0.336 e. The number of allylic oxidation sites excluding steroid dienone is 1. The van der Waals surface area contributed by atoms with E-state index in [4.69, 9.17) is 14.6 Å². The summed E-state index contributed by atoms with van der Waals surface area (Å²) in [5.74, 6) is -0.791. The predicted molar refractivity (Wildman–Crippen MR) is 165 cm³/mol. The zero-order valence-corrected chi connectivity index (χ0v) is 25.7. The number of carboxylic acid groups (broad SMARTS) is 1. The summed E-state index contributed by atoms with van der Waals surface area (Å²) >= 11 is 0. The van der Waals surface area contributed by atoms with Crippen LogP contribution in [0.5, 0.6) is 5.75 Å². The van der Waals surface area contributed by atoms with Gasteiger partial charge in [-0.15, -0.1) is 0 Å². The van der Waals surface area contributed by atoms with Crippen molar-refractivity contribution in [3.8, 4) is 5.75 Å². The molecule has 7 nitrogen and oxygen atoms in total. The van der Waals surface area contributed by atoms with Crippen LogP contribution in [0.4, 0.5) is 0 Å². The van der Waals surface area contributed by atoms with E-state index in [2.05, 4.69) is 4.99 Å². The maximum atomic E-state index is 13.3. The van der Waals surface area contributed by atoms with E-state index in [-0.39, 0.29) is 24.4 Å². The Hall–Kier alpha value is -2.67. The fourth-order valence-electron chi connectivity index (χ4n) is 5.61. The number of aliphatic hydroxyl groups is 1. The van der Waals surface area contributed by atoms with E-state index >= 15 is 0 Å². The highest BCUT2D eigenvalue weighted by molar-refractivity contribution is 5.96. The van der Waals surface area contributed by atoms with Crippen molar-refractivity contribution in [1.29, 1.82) is 0 Å². The molecular weight excluding hydrogens is 518 g/mol. The van der Waals surface area contributed by atoms with Gasteiger partial charge in [-0.25, -0.2) is 4.79 Å². The molecule has 0 saturated carbocycles. The van der Waals surface area contributed by atoms with E-state index < -0.39 is 5.97 Å². The highest BCUT2D eigenvalue weighted by atomic mass is 16.5. The molecule has 0 saturated heterocycles. The Kier molecular flexibility index (Phi) is 17.1. The number of aliphatic imine (C=N–C) groups is 1. The molecule has 0 spiro atoms. The molecule has 1 aliphatic heterocycles. The molecule has 1 aromatic rings. The molecule has 230 valence electrons. The van der Waals surface area contributed by atoms with Crippen molar-refractivity contribution in [3.05, 3.63) is 41.1 Å². The molecule has 1 heterocycles. The van der Waals surface area contributed by atoms with Crippen LogP contribution in [0.3, 0.4) is 0 Å². The molecule has 2 rings (SSSR count). The molecule has 1 aliphatic rings. The van der Waals surface area contributed by atoms with Crippen molar-refractivity contribution in [2.75, 3.05) is 19.8 Å². The van der Waals surface area contributed by atoms with Gasteiger partial charge in [-0.3, -0.25) is 9.79 Å². The minimum absolute atomic E-state index is 0.178. The third-order valence-corrected chi connectivity index (χ3v) is 7.84. The molecule has 2 N–H and O–H groups in total. The van der Waals surface area contributed by atoms with Crippen LogP contribution in [-0.4, -0.2) is 47.7 Å². The average molecular weight is 572 g/mol. The van der Waals surface area contributed by atoms with Gasteiger partial charge in [-0.1, -0.05) is 76.5 Å². The Balaban J connectivity index is 1.88. The van der Waals surface area contributed by atoms with Crippen LogP contribution in [0, 0.1) is 5.92 Å². The Morgan fingerprint density at radius 1 is 0.902 bits per heavy atom. The first-order valence-corrected chi connectivity index (χ1v) is 15.9. The van der Waals surface area contributed by atoms with Gasteiger partial charge in [0.05, 0.1) is 24.7 Å². The summed E-state index contributed by atoms with van der Waals surface area (Å²) in [5, 5.41) is 18.2. The van der Waals surface area contributed by atoms with Crippen molar-refractivity contribution in [3.63, 3.8) is 0 Å². The van der Waals surface area contributed by atoms with Crippen LogP contribution < -0.4 is 4.74 Å². The number of para-hydroxylation sites is 1. The monoisotopic (exact) mass is 571 g/mol. The summed E-state index contributed by atoms with van der Waals surface area (Å²) in [6.45, 7) is 7.06. The third kappa shape index (κ3) is 12.8. The molecule has 0 aromatic heterocycles. The van der Waals surface area contributed by atoms with Crippen molar-refractivity contribution < 1.29 is 29.3 Å². The molecule has 2 unspecified atom stereocenters. The molecule has 7 heteroatoms. The Labute approximate surface area is 247 Å². The van der Waals surface area contributed by atoms with Crippen molar-refractivity contribution in [1.82, 2.24) is 0 Å². The van der Waals surface area contributed by atoms with Gasteiger partial charge in [0.15, 0.2) is 0 Å². The van der Waals surface area contributed by atoms with E-state index in [1.165, 1.54) is 32.1 Å². The van der Waals surface area contributed by atoms with Crippen molar-refractivity contribution in [2.45, 2.75) is 123 Å². The fraction of sp³-hybridized carbons (Fsp3) is 0.676. The summed E-state index contributed by atoms with van der Waals surface area (Å²) in [6.07, 6.45) is 14.4. The molecule has 0 aliphatic carbocycles. The van der Waals surface area contributed by atoms with Gasteiger partial charge in [-0.05, 0) is 64.9 Å². The van der Waals surface area contributed by atoms with E-state index in [9.17, 15) is 14.7 Å². The lowest BCUT2D eigenvalue weighted by Gasteiger charge is -2.26. The van der Waals surface area contributed by atoms with Crippen molar-refractivity contribution >= 4 is 17.7 Å². The number of ether oxygens (including phenoxy) is 2. The molecule has 0 radical (unpaired) electrons. The van der Waals surface area contributed by atoms with E-state index in [0.29, 0.717) is 56.6 Å². The SMILES string of the molecule is CCCC(CCCCOC(=O)C1=C(C)N=C(C)CC1c1ccccc1OCCCCCCCCCCCO)C(=O)O. The topological polar surface area (TPSA) is 105 Å². The second kappa shape index (κ2) is 20.2. The first kappa shape index (κ1) is 34.5. The molecule has 1 aromatic carbocycles. The zero-order chi connectivity index (χ0) is 29.9. The summed E-state index contributed by atoms with van der Waals surface area (Å²) in [4.78, 5) is 29.3. The minimum atomic E-state index is -0.745. The molecule has 2 atom stereocenters. The van der Waals surface area contributed by atoms with Crippen LogP contribution >= 0.6 is 0 Å². The number of esters is 1.